The molecular formula is C9H12IN. The van der Waals surface area contributed by atoms with Crippen molar-refractivity contribution >= 4 is 22.6 Å². The van der Waals surface area contributed by atoms with Gasteiger partial charge in [0.2, 0.25) is 0 Å². The summed E-state index contributed by atoms with van der Waals surface area (Å²) in [5.41, 5.74) is 7.04. The van der Waals surface area contributed by atoms with Crippen LogP contribution in [0, 0.1) is 3.57 Å². The van der Waals surface area contributed by atoms with Crippen LogP contribution in [0.1, 0.15) is 12.5 Å². The maximum absolute atomic E-state index is 5.69. The molecule has 2 heteroatoms. The van der Waals surface area contributed by atoms with E-state index >= 15 is 0 Å². The molecule has 2 N–H and O–H groups in total. The second kappa shape index (κ2) is 4.07. The lowest BCUT2D eigenvalue weighted by Crippen LogP contribution is -2.18. The van der Waals surface area contributed by atoms with E-state index in [1.165, 1.54) is 9.13 Å². The van der Waals surface area contributed by atoms with Crippen molar-refractivity contribution in [2.45, 2.75) is 19.4 Å². The van der Waals surface area contributed by atoms with Crippen LogP contribution in [0.25, 0.3) is 0 Å². The van der Waals surface area contributed by atoms with Crippen molar-refractivity contribution in [3.63, 3.8) is 0 Å². The molecule has 1 nitrogen and oxygen atoms in total. The van der Waals surface area contributed by atoms with Gasteiger partial charge < -0.3 is 5.73 Å². The molecule has 0 amide bonds. The number of rotatable bonds is 2. The monoisotopic (exact) mass is 261 g/mol. The Labute approximate surface area is 81.1 Å². The molecule has 1 rings (SSSR count). The fourth-order valence-corrected chi connectivity index (χ4v) is 1.62. The highest BCUT2D eigenvalue weighted by molar-refractivity contribution is 14.1. The summed E-state index contributed by atoms with van der Waals surface area (Å²) in [7, 11) is 0. The van der Waals surface area contributed by atoms with Crippen LogP contribution in [0.15, 0.2) is 24.3 Å². The number of benzene rings is 1. The van der Waals surface area contributed by atoms with Gasteiger partial charge in [0.05, 0.1) is 0 Å². The van der Waals surface area contributed by atoms with E-state index in [0.717, 1.165) is 6.42 Å². The maximum atomic E-state index is 5.69. The second-order valence-corrected chi connectivity index (χ2v) is 3.94. The predicted octanol–water partition coefficient (Wildman–Crippen LogP) is 2.18. The molecular weight excluding hydrogens is 249 g/mol. The van der Waals surface area contributed by atoms with E-state index in [-0.39, 0.29) is 6.04 Å². The van der Waals surface area contributed by atoms with E-state index in [1.54, 1.807) is 0 Å². The predicted molar refractivity (Wildman–Crippen MR) is 56.5 cm³/mol. The lowest BCUT2D eigenvalue weighted by atomic mass is 10.1. The normalized spacial score (nSPS) is 13.0. The minimum absolute atomic E-state index is 0.255. The van der Waals surface area contributed by atoms with Crippen LogP contribution in [-0.4, -0.2) is 6.04 Å². The minimum Gasteiger partial charge on any atom is -0.328 e. The third-order valence-electron chi connectivity index (χ3n) is 1.50. The molecule has 1 aromatic rings. The Balaban J connectivity index is 2.78. The Morgan fingerprint density at radius 2 is 2.09 bits per heavy atom. The lowest BCUT2D eigenvalue weighted by molar-refractivity contribution is 0.736. The molecule has 0 saturated heterocycles. The molecule has 60 valence electrons. The van der Waals surface area contributed by atoms with E-state index in [4.69, 9.17) is 5.73 Å². The van der Waals surface area contributed by atoms with Gasteiger partial charge >= 0.3 is 0 Å². The van der Waals surface area contributed by atoms with Crippen LogP contribution in [-0.2, 0) is 6.42 Å². The van der Waals surface area contributed by atoms with E-state index in [9.17, 15) is 0 Å². The van der Waals surface area contributed by atoms with Crippen LogP contribution >= 0.6 is 22.6 Å². The van der Waals surface area contributed by atoms with Crippen LogP contribution in [0.4, 0.5) is 0 Å². The third kappa shape index (κ3) is 2.79. The fourth-order valence-electron chi connectivity index (χ4n) is 1.01. The first-order chi connectivity index (χ1) is 5.20. The SMILES string of the molecule is C[C@@H](N)Cc1ccccc1I. The van der Waals surface area contributed by atoms with Gasteiger partial charge in [-0.05, 0) is 47.6 Å². The molecule has 1 aromatic carbocycles. The van der Waals surface area contributed by atoms with Gasteiger partial charge in [-0.2, -0.15) is 0 Å². The summed E-state index contributed by atoms with van der Waals surface area (Å²) in [6.07, 6.45) is 0.971. The van der Waals surface area contributed by atoms with Crippen molar-refractivity contribution in [3.05, 3.63) is 33.4 Å². The number of hydrogen-bond acceptors (Lipinski definition) is 1. The Hall–Kier alpha value is -0.0900. The molecule has 0 bridgehead atoms. The smallest absolute Gasteiger partial charge is 0.0162 e. The van der Waals surface area contributed by atoms with Gasteiger partial charge in [-0.15, -0.1) is 0 Å². The molecule has 1 atom stereocenters. The van der Waals surface area contributed by atoms with Crippen molar-refractivity contribution in [3.8, 4) is 0 Å². The first kappa shape index (κ1) is 9.00. The first-order valence-corrected chi connectivity index (χ1v) is 4.77. The number of nitrogens with two attached hydrogens (primary N) is 1. The zero-order chi connectivity index (χ0) is 8.27. The molecule has 0 aliphatic carbocycles. The highest BCUT2D eigenvalue weighted by Crippen LogP contribution is 2.12. The van der Waals surface area contributed by atoms with E-state index in [1.807, 2.05) is 13.0 Å². The fraction of sp³-hybridized carbons (Fsp3) is 0.333. The highest BCUT2D eigenvalue weighted by atomic mass is 127. The maximum Gasteiger partial charge on any atom is 0.0162 e. The molecule has 0 saturated carbocycles. The average molecular weight is 261 g/mol. The minimum atomic E-state index is 0.255. The molecule has 0 aliphatic heterocycles. The Morgan fingerprint density at radius 3 is 2.64 bits per heavy atom. The molecule has 0 unspecified atom stereocenters. The third-order valence-corrected chi connectivity index (χ3v) is 2.55. The van der Waals surface area contributed by atoms with Gasteiger partial charge in [-0.3, -0.25) is 0 Å². The summed E-state index contributed by atoms with van der Waals surface area (Å²) in [5, 5.41) is 0. The number of halogens is 1. The molecule has 0 radical (unpaired) electrons. The van der Waals surface area contributed by atoms with Crippen molar-refractivity contribution < 1.29 is 0 Å². The molecule has 0 aliphatic rings. The van der Waals surface area contributed by atoms with Gasteiger partial charge in [-0.25, -0.2) is 0 Å². The van der Waals surface area contributed by atoms with Crippen molar-refractivity contribution in [2.24, 2.45) is 5.73 Å². The zero-order valence-electron chi connectivity index (χ0n) is 6.55. The van der Waals surface area contributed by atoms with Gasteiger partial charge in [0, 0.05) is 9.61 Å². The standard InChI is InChI=1S/C9H12IN/c1-7(11)6-8-4-2-3-5-9(8)10/h2-5,7H,6,11H2,1H3/t7-/m1/s1. The van der Waals surface area contributed by atoms with Crippen LogP contribution in [0.2, 0.25) is 0 Å². The van der Waals surface area contributed by atoms with Crippen molar-refractivity contribution in [2.75, 3.05) is 0 Å². The summed E-state index contributed by atoms with van der Waals surface area (Å²) in [5.74, 6) is 0. The molecule has 11 heavy (non-hydrogen) atoms. The average Bonchev–Trinajstić information content (AvgIpc) is 1.93. The lowest BCUT2D eigenvalue weighted by Gasteiger charge is -2.06. The van der Waals surface area contributed by atoms with Gasteiger partial charge in [-0.1, -0.05) is 18.2 Å². The Bertz CT molecular complexity index is 233. The van der Waals surface area contributed by atoms with Gasteiger partial charge in [0.1, 0.15) is 0 Å². The van der Waals surface area contributed by atoms with Crippen LogP contribution < -0.4 is 5.73 Å². The summed E-state index contributed by atoms with van der Waals surface area (Å²) in [6.45, 7) is 2.03. The summed E-state index contributed by atoms with van der Waals surface area (Å²) >= 11 is 2.34. The van der Waals surface area contributed by atoms with Crippen molar-refractivity contribution in [1.82, 2.24) is 0 Å². The number of hydrogen-bond donors (Lipinski definition) is 1. The molecule has 0 fully saturated rings. The largest absolute Gasteiger partial charge is 0.328 e. The Morgan fingerprint density at radius 1 is 1.45 bits per heavy atom. The van der Waals surface area contributed by atoms with Crippen LogP contribution in [0.3, 0.4) is 0 Å². The molecule has 0 aromatic heterocycles. The quantitative estimate of drug-likeness (QED) is 0.811. The van der Waals surface area contributed by atoms with Gasteiger partial charge in [0.25, 0.3) is 0 Å². The summed E-state index contributed by atoms with van der Waals surface area (Å²) in [4.78, 5) is 0. The summed E-state index contributed by atoms with van der Waals surface area (Å²) < 4.78 is 1.31. The van der Waals surface area contributed by atoms with E-state index in [2.05, 4.69) is 40.8 Å². The molecule has 0 spiro atoms. The molecule has 0 heterocycles. The van der Waals surface area contributed by atoms with Gasteiger partial charge in [0.15, 0.2) is 0 Å². The van der Waals surface area contributed by atoms with Crippen LogP contribution in [0.5, 0.6) is 0 Å². The topological polar surface area (TPSA) is 26.0 Å². The zero-order valence-corrected chi connectivity index (χ0v) is 8.71. The first-order valence-electron chi connectivity index (χ1n) is 3.69. The summed E-state index contributed by atoms with van der Waals surface area (Å²) in [6, 6.07) is 8.60. The second-order valence-electron chi connectivity index (χ2n) is 2.77. The van der Waals surface area contributed by atoms with E-state index in [0.29, 0.717) is 0 Å². The van der Waals surface area contributed by atoms with E-state index < -0.39 is 0 Å². The highest BCUT2D eigenvalue weighted by Gasteiger charge is 2.00. The van der Waals surface area contributed by atoms with Crippen molar-refractivity contribution in [1.29, 1.82) is 0 Å². The Kier molecular flexibility index (Phi) is 3.33.